The van der Waals surface area contributed by atoms with Gasteiger partial charge in [-0.15, -0.1) is 0 Å². The number of hydrogen-bond donors (Lipinski definition) is 4. The molecule has 2 aliphatic rings. The van der Waals surface area contributed by atoms with Crippen LogP contribution in [0.3, 0.4) is 0 Å². The molecule has 0 aromatic carbocycles. The van der Waals surface area contributed by atoms with Crippen molar-refractivity contribution >= 4 is 12.0 Å². The van der Waals surface area contributed by atoms with Crippen LogP contribution in [0.1, 0.15) is 32.1 Å². The lowest BCUT2D eigenvalue weighted by Gasteiger charge is -2.25. The first-order chi connectivity index (χ1) is 8.65. The Kier molecular flexibility index (Phi) is 4.41. The third-order valence-corrected chi connectivity index (χ3v) is 3.58. The van der Waals surface area contributed by atoms with E-state index in [0.717, 1.165) is 38.8 Å². The lowest BCUT2D eigenvalue weighted by atomic mass is 10.1. The number of piperidine rings is 1. The molecule has 0 aromatic heterocycles. The fourth-order valence-electron chi connectivity index (χ4n) is 2.38. The quantitative estimate of drug-likeness (QED) is 0.568. The zero-order valence-electron chi connectivity index (χ0n) is 10.4. The first kappa shape index (κ1) is 13.1. The molecular weight excluding hydrogens is 234 g/mol. The predicted molar refractivity (Wildman–Crippen MR) is 66.3 cm³/mol. The van der Waals surface area contributed by atoms with E-state index in [2.05, 4.69) is 16.0 Å². The average Bonchev–Trinajstić information content (AvgIpc) is 3.12. The highest BCUT2D eigenvalue weighted by Crippen LogP contribution is 2.33. The Morgan fingerprint density at radius 2 is 1.89 bits per heavy atom. The number of carboxylic acid groups (broad SMARTS) is 1. The second-order valence-electron chi connectivity index (χ2n) is 5.18. The van der Waals surface area contributed by atoms with Crippen LogP contribution >= 0.6 is 0 Å². The lowest BCUT2D eigenvalue weighted by Crippen LogP contribution is -2.50. The third kappa shape index (κ3) is 4.18. The Balaban J connectivity index is 1.75. The smallest absolute Gasteiger partial charge is 0.315 e. The summed E-state index contributed by atoms with van der Waals surface area (Å²) >= 11 is 0. The molecule has 0 bridgehead atoms. The predicted octanol–water partition coefficient (Wildman–Crippen LogP) is 0.291. The Bertz CT molecular complexity index is 312. The van der Waals surface area contributed by atoms with Gasteiger partial charge in [0, 0.05) is 12.1 Å². The van der Waals surface area contributed by atoms with Gasteiger partial charge in [-0.25, -0.2) is 4.79 Å². The van der Waals surface area contributed by atoms with Crippen LogP contribution in [0.15, 0.2) is 0 Å². The Hall–Kier alpha value is -1.30. The third-order valence-electron chi connectivity index (χ3n) is 3.58. The summed E-state index contributed by atoms with van der Waals surface area (Å²) in [5.74, 6) is -0.506. The van der Waals surface area contributed by atoms with Gasteiger partial charge in [0.15, 0.2) is 0 Å². The van der Waals surface area contributed by atoms with Crippen molar-refractivity contribution in [2.75, 3.05) is 13.1 Å². The molecule has 6 heteroatoms. The molecule has 1 atom stereocenters. The molecule has 4 N–H and O–H groups in total. The molecule has 0 spiro atoms. The summed E-state index contributed by atoms with van der Waals surface area (Å²) in [6.07, 6.45) is 3.92. The van der Waals surface area contributed by atoms with E-state index < -0.39 is 5.97 Å². The van der Waals surface area contributed by atoms with E-state index in [1.54, 1.807) is 0 Å². The molecule has 1 saturated heterocycles. The van der Waals surface area contributed by atoms with Crippen LogP contribution in [0, 0.1) is 5.92 Å². The molecule has 6 nitrogen and oxygen atoms in total. The van der Waals surface area contributed by atoms with E-state index in [-0.39, 0.29) is 24.5 Å². The summed E-state index contributed by atoms with van der Waals surface area (Å²) < 4.78 is 0. The molecule has 1 saturated carbocycles. The van der Waals surface area contributed by atoms with Crippen molar-refractivity contribution in [3.63, 3.8) is 0 Å². The minimum atomic E-state index is -0.853. The summed E-state index contributed by atoms with van der Waals surface area (Å²) in [7, 11) is 0. The fourth-order valence-corrected chi connectivity index (χ4v) is 2.38. The molecule has 2 rings (SSSR count). The maximum Gasteiger partial charge on any atom is 0.315 e. The van der Waals surface area contributed by atoms with Gasteiger partial charge in [0.1, 0.15) is 0 Å². The number of hydrogen-bond acceptors (Lipinski definition) is 3. The van der Waals surface area contributed by atoms with Crippen LogP contribution in [-0.4, -0.2) is 42.3 Å². The molecule has 2 fully saturated rings. The first-order valence-electron chi connectivity index (χ1n) is 6.64. The number of carboxylic acids is 1. The van der Waals surface area contributed by atoms with Gasteiger partial charge < -0.3 is 21.1 Å². The van der Waals surface area contributed by atoms with Crippen molar-refractivity contribution in [3.8, 4) is 0 Å². The summed E-state index contributed by atoms with van der Waals surface area (Å²) in [5, 5.41) is 17.8. The van der Waals surface area contributed by atoms with Gasteiger partial charge in [-0.1, -0.05) is 0 Å². The van der Waals surface area contributed by atoms with Crippen LogP contribution in [-0.2, 0) is 4.79 Å². The van der Waals surface area contributed by atoms with E-state index in [1.807, 2.05) is 0 Å². The van der Waals surface area contributed by atoms with Gasteiger partial charge in [-0.2, -0.15) is 0 Å². The molecule has 102 valence electrons. The van der Waals surface area contributed by atoms with Crippen LogP contribution < -0.4 is 16.0 Å². The molecule has 2 amide bonds. The number of amides is 2. The maximum atomic E-state index is 11.8. The maximum absolute atomic E-state index is 11.8. The summed E-state index contributed by atoms with van der Waals surface area (Å²) in [6, 6.07) is -0.236. The molecule has 1 heterocycles. The van der Waals surface area contributed by atoms with E-state index >= 15 is 0 Å². The SMILES string of the molecule is O=C(O)CC(NC(=O)NC1CCNCC1)C1CC1. The largest absolute Gasteiger partial charge is 0.481 e. The van der Waals surface area contributed by atoms with Crippen LogP contribution in [0.25, 0.3) is 0 Å². The number of nitrogens with one attached hydrogen (secondary N) is 3. The van der Waals surface area contributed by atoms with Gasteiger partial charge in [0.05, 0.1) is 6.42 Å². The van der Waals surface area contributed by atoms with Gasteiger partial charge in [-0.05, 0) is 44.7 Å². The zero-order chi connectivity index (χ0) is 13.0. The van der Waals surface area contributed by atoms with Crippen molar-refractivity contribution < 1.29 is 14.7 Å². The minimum absolute atomic E-state index is 0.0182. The average molecular weight is 255 g/mol. The Morgan fingerprint density at radius 1 is 1.22 bits per heavy atom. The zero-order valence-corrected chi connectivity index (χ0v) is 10.4. The Labute approximate surface area is 107 Å². The van der Waals surface area contributed by atoms with Crippen LogP contribution in [0.4, 0.5) is 4.79 Å². The van der Waals surface area contributed by atoms with E-state index in [4.69, 9.17) is 5.11 Å². The lowest BCUT2D eigenvalue weighted by molar-refractivity contribution is -0.137. The van der Waals surface area contributed by atoms with Crippen LogP contribution in [0.2, 0.25) is 0 Å². The van der Waals surface area contributed by atoms with Crippen LogP contribution in [0.5, 0.6) is 0 Å². The number of carbonyl (C=O) groups is 2. The highest BCUT2D eigenvalue weighted by molar-refractivity contribution is 5.76. The molecule has 1 aliphatic heterocycles. The van der Waals surface area contributed by atoms with E-state index in [0.29, 0.717) is 5.92 Å². The summed E-state index contributed by atoms with van der Waals surface area (Å²) in [4.78, 5) is 22.5. The topological polar surface area (TPSA) is 90.5 Å². The fraction of sp³-hybridized carbons (Fsp3) is 0.833. The molecular formula is C12H21N3O3. The summed E-state index contributed by atoms with van der Waals surface area (Å²) in [5.41, 5.74) is 0. The van der Waals surface area contributed by atoms with Gasteiger partial charge in [0.2, 0.25) is 0 Å². The first-order valence-corrected chi connectivity index (χ1v) is 6.64. The monoisotopic (exact) mass is 255 g/mol. The molecule has 0 radical (unpaired) electrons. The number of carbonyl (C=O) groups excluding carboxylic acids is 1. The number of rotatable bonds is 5. The second-order valence-corrected chi connectivity index (χ2v) is 5.18. The molecule has 1 unspecified atom stereocenters. The minimum Gasteiger partial charge on any atom is -0.481 e. The van der Waals surface area contributed by atoms with Crippen molar-refractivity contribution in [1.82, 2.24) is 16.0 Å². The van der Waals surface area contributed by atoms with Crippen molar-refractivity contribution in [2.45, 2.75) is 44.2 Å². The highest BCUT2D eigenvalue weighted by Gasteiger charge is 2.34. The van der Waals surface area contributed by atoms with Gasteiger partial charge >= 0.3 is 12.0 Å². The van der Waals surface area contributed by atoms with E-state index in [9.17, 15) is 9.59 Å². The molecule has 18 heavy (non-hydrogen) atoms. The normalized spacial score (nSPS) is 22.2. The second kappa shape index (κ2) is 6.04. The van der Waals surface area contributed by atoms with Crippen molar-refractivity contribution in [1.29, 1.82) is 0 Å². The van der Waals surface area contributed by atoms with Gasteiger partial charge in [-0.3, -0.25) is 4.79 Å². The van der Waals surface area contributed by atoms with Gasteiger partial charge in [0.25, 0.3) is 0 Å². The standard InChI is InChI=1S/C12H21N3O3/c16-11(17)7-10(8-1-2-8)15-12(18)14-9-3-5-13-6-4-9/h8-10,13H,1-7H2,(H,16,17)(H2,14,15,18). The van der Waals surface area contributed by atoms with Crippen molar-refractivity contribution in [2.24, 2.45) is 5.92 Å². The number of aliphatic carboxylic acids is 1. The summed E-state index contributed by atoms with van der Waals surface area (Å²) in [6.45, 7) is 1.85. The Morgan fingerprint density at radius 3 is 2.44 bits per heavy atom. The molecule has 0 aromatic rings. The molecule has 1 aliphatic carbocycles. The van der Waals surface area contributed by atoms with E-state index in [1.165, 1.54) is 0 Å². The number of urea groups is 1. The highest BCUT2D eigenvalue weighted by atomic mass is 16.4. The van der Waals surface area contributed by atoms with Crippen molar-refractivity contribution in [3.05, 3.63) is 0 Å².